The van der Waals surface area contributed by atoms with Gasteiger partial charge in [0.2, 0.25) is 5.82 Å². The molecule has 0 saturated carbocycles. The summed E-state index contributed by atoms with van der Waals surface area (Å²) < 4.78 is 5.64. The van der Waals surface area contributed by atoms with Crippen LogP contribution in [0.4, 0.5) is 5.69 Å². The topological polar surface area (TPSA) is 106 Å². The number of aryl methyl sites for hydroxylation is 1. The summed E-state index contributed by atoms with van der Waals surface area (Å²) in [5, 5.41) is 17.4. The number of carbonyl (C=O) groups excluding carboxylic acids is 2. The molecule has 1 atom stereocenters. The van der Waals surface area contributed by atoms with Crippen molar-refractivity contribution >= 4 is 28.8 Å². The van der Waals surface area contributed by atoms with Gasteiger partial charge in [-0.2, -0.15) is 4.80 Å². The van der Waals surface area contributed by atoms with Gasteiger partial charge in [-0.3, -0.25) is 14.5 Å². The predicted molar refractivity (Wildman–Crippen MR) is 134 cm³/mol. The molecule has 0 aliphatic rings. The van der Waals surface area contributed by atoms with E-state index in [-0.39, 0.29) is 18.4 Å². The van der Waals surface area contributed by atoms with Crippen molar-refractivity contribution < 1.29 is 14.0 Å². The number of amides is 2. The number of hydrogen-bond donors (Lipinski definition) is 1. The first-order valence-corrected chi connectivity index (χ1v) is 12.3. The van der Waals surface area contributed by atoms with E-state index in [1.54, 1.807) is 12.1 Å². The van der Waals surface area contributed by atoms with Gasteiger partial charge in [0.15, 0.2) is 6.04 Å². The Hall–Kier alpha value is -3.79. The van der Waals surface area contributed by atoms with Crippen LogP contribution in [0.25, 0.3) is 10.7 Å². The Bertz CT molecular complexity index is 1250. The van der Waals surface area contributed by atoms with Gasteiger partial charge in [-0.15, -0.1) is 21.5 Å². The van der Waals surface area contributed by atoms with Gasteiger partial charge in [0, 0.05) is 12.2 Å². The minimum atomic E-state index is -0.994. The second-order valence-corrected chi connectivity index (χ2v) is 9.51. The molecule has 1 N–H and O–H groups in total. The van der Waals surface area contributed by atoms with E-state index in [0.29, 0.717) is 29.7 Å². The van der Waals surface area contributed by atoms with E-state index in [4.69, 9.17) is 4.42 Å². The maximum Gasteiger partial charge on any atom is 0.251 e. The molecular weight excluding hydrogens is 464 g/mol. The molecule has 0 bridgehead atoms. The maximum atomic E-state index is 13.8. The predicted octanol–water partition coefficient (Wildman–Crippen LogP) is 4.24. The highest BCUT2D eigenvalue weighted by atomic mass is 32.1. The summed E-state index contributed by atoms with van der Waals surface area (Å²) >= 11 is 1.49. The van der Waals surface area contributed by atoms with Crippen molar-refractivity contribution in [3.8, 4) is 10.7 Å². The average molecular weight is 493 g/mol. The fourth-order valence-electron chi connectivity index (χ4n) is 3.66. The Kier molecular flexibility index (Phi) is 7.71. The van der Waals surface area contributed by atoms with Gasteiger partial charge in [-0.1, -0.05) is 38.1 Å². The van der Waals surface area contributed by atoms with E-state index in [1.165, 1.54) is 27.3 Å². The zero-order valence-electron chi connectivity index (χ0n) is 19.9. The van der Waals surface area contributed by atoms with Crippen molar-refractivity contribution in [3.63, 3.8) is 0 Å². The lowest BCUT2D eigenvalue weighted by atomic mass is 10.1. The van der Waals surface area contributed by atoms with Gasteiger partial charge >= 0.3 is 0 Å². The molecule has 0 fully saturated rings. The lowest BCUT2D eigenvalue weighted by Crippen LogP contribution is -2.45. The number of para-hydroxylation sites is 1. The molecule has 0 radical (unpaired) electrons. The molecule has 182 valence electrons. The summed E-state index contributed by atoms with van der Waals surface area (Å²) in [5.74, 6) is 0.569. The number of tetrazole rings is 1. The Morgan fingerprint density at radius 3 is 2.66 bits per heavy atom. The number of carbonyl (C=O) groups is 2. The van der Waals surface area contributed by atoms with Crippen LogP contribution in [0.15, 0.2) is 64.6 Å². The maximum absolute atomic E-state index is 13.8. The molecule has 0 aliphatic heterocycles. The average Bonchev–Trinajstić information content (AvgIpc) is 3.60. The standard InChI is InChI=1S/C25H28N6O3S/c1-17(2)12-13-26-25(33)23(20-10-6-14-34-20)31(19-9-5-4-8-18(19)3)22(32)16-30-28-24(27-29-30)21-11-7-15-35-21/h4-11,14-15,17,23H,12-13,16H2,1-3H3,(H,26,33)/t23-/m1/s1. The van der Waals surface area contributed by atoms with Gasteiger partial charge in [-0.25, -0.2) is 0 Å². The third-order valence-electron chi connectivity index (χ3n) is 5.45. The second-order valence-electron chi connectivity index (χ2n) is 8.56. The summed E-state index contributed by atoms with van der Waals surface area (Å²) in [4.78, 5) is 30.8. The van der Waals surface area contributed by atoms with Gasteiger partial charge in [0.05, 0.1) is 11.1 Å². The van der Waals surface area contributed by atoms with Crippen molar-refractivity contribution in [1.29, 1.82) is 0 Å². The molecule has 3 aromatic heterocycles. The summed E-state index contributed by atoms with van der Waals surface area (Å²) in [6.45, 7) is 6.39. The minimum Gasteiger partial charge on any atom is -0.467 e. The van der Waals surface area contributed by atoms with Crippen LogP contribution >= 0.6 is 11.3 Å². The SMILES string of the molecule is Cc1ccccc1N(C(=O)Cn1nnc(-c2cccs2)n1)[C@@H](C(=O)NCCC(C)C)c1ccco1. The number of hydrogen-bond acceptors (Lipinski definition) is 7. The molecule has 0 unspecified atom stereocenters. The number of aromatic nitrogens is 4. The molecule has 4 rings (SSSR count). The van der Waals surface area contributed by atoms with Gasteiger partial charge in [-0.05, 0) is 59.7 Å². The van der Waals surface area contributed by atoms with Crippen LogP contribution < -0.4 is 10.2 Å². The molecule has 4 aromatic rings. The minimum absolute atomic E-state index is 0.191. The van der Waals surface area contributed by atoms with Gasteiger partial charge in [0.1, 0.15) is 12.3 Å². The van der Waals surface area contributed by atoms with Gasteiger partial charge < -0.3 is 9.73 Å². The van der Waals surface area contributed by atoms with Crippen molar-refractivity contribution in [1.82, 2.24) is 25.5 Å². The molecule has 1 aromatic carbocycles. The second kappa shape index (κ2) is 11.1. The number of benzene rings is 1. The molecule has 9 nitrogen and oxygen atoms in total. The Labute approximate surface area is 207 Å². The van der Waals surface area contributed by atoms with Crippen molar-refractivity contribution in [2.24, 2.45) is 5.92 Å². The van der Waals surface area contributed by atoms with E-state index < -0.39 is 6.04 Å². The lowest BCUT2D eigenvalue weighted by Gasteiger charge is -2.31. The quantitative estimate of drug-likeness (QED) is 0.355. The summed E-state index contributed by atoms with van der Waals surface area (Å²) in [5.41, 5.74) is 1.45. The van der Waals surface area contributed by atoms with Crippen LogP contribution in [-0.2, 0) is 16.1 Å². The van der Waals surface area contributed by atoms with Crippen LogP contribution in [0.2, 0.25) is 0 Å². The van der Waals surface area contributed by atoms with Crippen LogP contribution in [0, 0.1) is 12.8 Å². The smallest absolute Gasteiger partial charge is 0.251 e. The number of nitrogens with one attached hydrogen (secondary N) is 1. The highest BCUT2D eigenvalue weighted by Gasteiger charge is 2.35. The fourth-order valence-corrected chi connectivity index (χ4v) is 4.31. The number of nitrogens with zero attached hydrogens (tertiary/aromatic N) is 5. The van der Waals surface area contributed by atoms with Crippen LogP contribution in [0.1, 0.15) is 37.6 Å². The number of furan rings is 1. The molecule has 2 amide bonds. The third kappa shape index (κ3) is 5.83. The van der Waals surface area contributed by atoms with Crippen molar-refractivity contribution in [3.05, 3.63) is 71.5 Å². The van der Waals surface area contributed by atoms with E-state index in [9.17, 15) is 9.59 Å². The van der Waals surface area contributed by atoms with Crippen LogP contribution in [0.5, 0.6) is 0 Å². The van der Waals surface area contributed by atoms with E-state index in [2.05, 4.69) is 34.6 Å². The molecule has 35 heavy (non-hydrogen) atoms. The summed E-state index contributed by atoms with van der Waals surface area (Å²) in [6, 6.07) is 13.6. The zero-order valence-corrected chi connectivity index (χ0v) is 20.7. The fraction of sp³-hybridized carbons (Fsp3) is 0.320. The largest absolute Gasteiger partial charge is 0.467 e. The third-order valence-corrected chi connectivity index (χ3v) is 6.32. The molecule has 0 spiro atoms. The monoisotopic (exact) mass is 492 g/mol. The lowest BCUT2D eigenvalue weighted by molar-refractivity contribution is -0.127. The van der Waals surface area contributed by atoms with Crippen molar-refractivity contribution in [2.45, 2.75) is 39.8 Å². The van der Waals surface area contributed by atoms with E-state index >= 15 is 0 Å². The summed E-state index contributed by atoms with van der Waals surface area (Å²) in [7, 11) is 0. The Balaban J connectivity index is 1.67. The highest BCUT2D eigenvalue weighted by Crippen LogP contribution is 2.31. The summed E-state index contributed by atoms with van der Waals surface area (Å²) in [6.07, 6.45) is 2.32. The first-order chi connectivity index (χ1) is 16.9. The van der Waals surface area contributed by atoms with Crippen LogP contribution in [0.3, 0.4) is 0 Å². The van der Waals surface area contributed by atoms with Crippen molar-refractivity contribution in [2.75, 3.05) is 11.4 Å². The Morgan fingerprint density at radius 2 is 1.97 bits per heavy atom. The molecule has 3 heterocycles. The molecule has 0 saturated heterocycles. The van der Waals surface area contributed by atoms with Gasteiger partial charge in [0.25, 0.3) is 11.8 Å². The first-order valence-electron chi connectivity index (χ1n) is 11.4. The molecule has 10 heteroatoms. The molecular formula is C25H28N6O3S. The molecule has 0 aliphatic carbocycles. The normalized spacial score (nSPS) is 12.0. The number of rotatable bonds is 10. The number of thiophene rings is 1. The van der Waals surface area contributed by atoms with Crippen LogP contribution in [-0.4, -0.2) is 38.6 Å². The highest BCUT2D eigenvalue weighted by molar-refractivity contribution is 7.13. The van der Waals surface area contributed by atoms with E-state index in [1.807, 2.05) is 48.7 Å². The zero-order chi connectivity index (χ0) is 24.8. The Morgan fingerprint density at radius 1 is 1.14 bits per heavy atom. The van der Waals surface area contributed by atoms with E-state index in [0.717, 1.165) is 16.9 Å². The first kappa shape index (κ1) is 24.3. The number of anilines is 1.